The van der Waals surface area contributed by atoms with Crippen LogP contribution in [0.2, 0.25) is 0 Å². The van der Waals surface area contributed by atoms with E-state index in [1.165, 1.54) is 0 Å². The lowest BCUT2D eigenvalue weighted by molar-refractivity contribution is 0.0706. The van der Waals surface area contributed by atoms with E-state index in [4.69, 9.17) is 9.94 Å². The lowest BCUT2D eigenvalue weighted by atomic mass is 10.1. The van der Waals surface area contributed by atoms with E-state index < -0.39 is 5.91 Å². The number of hydrogen-bond acceptors (Lipinski definition) is 5. The molecule has 2 aromatic carbocycles. The Morgan fingerprint density at radius 1 is 1.13 bits per heavy atom. The molecule has 0 radical (unpaired) electrons. The number of hydroxylamine groups is 1. The fourth-order valence-electron chi connectivity index (χ4n) is 3.55. The lowest BCUT2D eigenvalue weighted by Gasteiger charge is -2.39. The Kier molecular flexibility index (Phi) is 7.26. The van der Waals surface area contributed by atoms with Gasteiger partial charge in [-0.15, -0.1) is 0 Å². The van der Waals surface area contributed by atoms with Crippen LogP contribution in [0.4, 0.5) is 4.79 Å². The van der Waals surface area contributed by atoms with Gasteiger partial charge in [0.1, 0.15) is 5.75 Å². The second-order valence-corrected chi connectivity index (χ2v) is 7.41. The number of amides is 3. The number of urea groups is 1. The van der Waals surface area contributed by atoms with Crippen LogP contribution in [0.15, 0.2) is 48.5 Å². The quantitative estimate of drug-likeness (QED) is 0.500. The number of piperazine rings is 1. The van der Waals surface area contributed by atoms with E-state index in [1.54, 1.807) is 24.7 Å². The molecule has 0 bridgehead atoms. The third-order valence-electron chi connectivity index (χ3n) is 5.33. The molecule has 1 atom stereocenters. The molecule has 1 fully saturated rings. The fraction of sp³-hybridized carbons (Fsp3) is 0.364. The molecule has 0 unspecified atom stereocenters. The van der Waals surface area contributed by atoms with Crippen LogP contribution < -0.4 is 15.5 Å². The van der Waals surface area contributed by atoms with Crippen LogP contribution in [-0.2, 0) is 13.1 Å². The lowest BCUT2D eigenvalue weighted by Crippen LogP contribution is -2.55. The number of methoxy groups -OCH3 is 1. The predicted octanol–water partition coefficient (Wildman–Crippen LogP) is 2.23. The third kappa shape index (κ3) is 5.49. The molecule has 0 saturated carbocycles. The number of benzene rings is 2. The van der Waals surface area contributed by atoms with Crippen LogP contribution >= 0.6 is 0 Å². The molecule has 30 heavy (non-hydrogen) atoms. The van der Waals surface area contributed by atoms with Crippen molar-refractivity contribution in [2.75, 3.05) is 26.7 Å². The van der Waals surface area contributed by atoms with Crippen molar-refractivity contribution >= 4 is 11.9 Å². The summed E-state index contributed by atoms with van der Waals surface area (Å²) in [5.74, 6) is 0.248. The molecule has 3 N–H and O–H groups in total. The van der Waals surface area contributed by atoms with Crippen molar-refractivity contribution in [2.24, 2.45) is 0 Å². The second kappa shape index (κ2) is 10.1. The van der Waals surface area contributed by atoms with Crippen LogP contribution in [-0.4, -0.2) is 59.7 Å². The maximum atomic E-state index is 12.6. The molecule has 0 aliphatic carbocycles. The van der Waals surface area contributed by atoms with E-state index in [2.05, 4.69) is 17.1 Å². The minimum Gasteiger partial charge on any atom is -0.497 e. The molecule has 3 amide bonds. The van der Waals surface area contributed by atoms with Crippen molar-refractivity contribution in [3.8, 4) is 5.75 Å². The first-order valence-corrected chi connectivity index (χ1v) is 9.93. The van der Waals surface area contributed by atoms with Gasteiger partial charge in [0.2, 0.25) is 0 Å². The Morgan fingerprint density at radius 3 is 2.57 bits per heavy atom. The summed E-state index contributed by atoms with van der Waals surface area (Å²) in [6.07, 6.45) is 0. The van der Waals surface area contributed by atoms with Crippen molar-refractivity contribution in [1.29, 1.82) is 0 Å². The number of rotatable bonds is 6. The predicted molar refractivity (Wildman–Crippen MR) is 112 cm³/mol. The van der Waals surface area contributed by atoms with Gasteiger partial charge in [0.15, 0.2) is 0 Å². The Balaban J connectivity index is 1.49. The molecule has 1 aliphatic heterocycles. The summed E-state index contributed by atoms with van der Waals surface area (Å²) in [4.78, 5) is 28.2. The van der Waals surface area contributed by atoms with Gasteiger partial charge in [0.25, 0.3) is 5.91 Å². The first-order valence-electron chi connectivity index (χ1n) is 9.93. The normalized spacial score (nSPS) is 16.8. The summed E-state index contributed by atoms with van der Waals surface area (Å²) in [6, 6.07) is 14.9. The minimum atomic E-state index is -0.525. The number of carbonyl (C=O) groups is 2. The fourth-order valence-corrected chi connectivity index (χ4v) is 3.55. The first kappa shape index (κ1) is 21.6. The zero-order chi connectivity index (χ0) is 21.5. The van der Waals surface area contributed by atoms with Gasteiger partial charge < -0.3 is 15.0 Å². The maximum Gasteiger partial charge on any atom is 0.317 e. The number of hydrogen-bond donors (Lipinski definition) is 3. The van der Waals surface area contributed by atoms with Gasteiger partial charge >= 0.3 is 6.03 Å². The average molecular weight is 412 g/mol. The standard InChI is InChI=1S/C22H28N4O4/c1-16-14-26(22(28)23-13-18-4-3-5-20(12-18)30-2)11-10-25(16)15-17-6-8-19(9-7-17)21(27)24-29/h3-9,12,16,29H,10-11,13-15H2,1-2H3,(H,23,28)(H,24,27)/t16-/m0/s1. The molecule has 8 heteroatoms. The van der Waals surface area contributed by atoms with Crippen molar-refractivity contribution < 1.29 is 19.5 Å². The number of nitrogens with zero attached hydrogens (tertiary/aromatic N) is 2. The largest absolute Gasteiger partial charge is 0.497 e. The second-order valence-electron chi connectivity index (χ2n) is 7.41. The smallest absolute Gasteiger partial charge is 0.317 e. The van der Waals surface area contributed by atoms with Crippen LogP contribution in [0.1, 0.15) is 28.4 Å². The Labute approximate surface area is 176 Å². The van der Waals surface area contributed by atoms with Gasteiger partial charge in [0, 0.05) is 44.3 Å². The molecular formula is C22H28N4O4. The number of ether oxygens (including phenoxy) is 1. The van der Waals surface area contributed by atoms with Crippen molar-refractivity contribution in [2.45, 2.75) is 26.1 Å². The Bertz CT molecular complexity index is 872. The van der Waals surface area contributed by atoms with Crippen molar-refractivity contribution in [1.82, 2.24) is 20.6 Å². The molecule has 8 nitrogen and oxygen atoms in total. The van der Waals surface area contributed by atoms with E-state index in [1.807, 2.05) is 41.3 Å². The molecule has 160 valence electrons. The van der Waals surface area contributed by atoms with E-state index in [0.717, 1.165) is 30.0 Å². The highest BCUT2D eigenvalue weighted by atomic mass is 16.5. The summed E-state index contributed by atoms with van der Waals surface area (Å²) < 4.78 is 5.22. The van der Waals surface area contributed by atoms with Gasteiger partial charge in [-0.05, 0) is 42.3 Å². The molecule has 2 aromatic rings. The molecule has 3 rings (SSSR count). The number of nitrogens with one attached hydrogen (secondary N) is 2. The number of carbonyl (C=O) groups excluding carboxylic acids is 2. The Hall–Kier alpha value is -3.10. The SMILES string of the molecule is COc1cccc(CNC(=O)N2CCN(Cc3ccc(C(=O)NO)cc3)[C@@H](C)C2)c1. The highest BCUT2D eigenvalue weighted by molar-refractivity contribution is 5.93. The van der Waals surface area contributed by atoms with Gasteiger partial charge in [0.05, 0.1) is 7.11 Å². The topological polar surface area (TPSA) is 94.1 Å². The average Bonchev–Trinajstić information content (AvgIpc) is 2.78. The van der Waals surface area contributed by atoms with Crippen LogP contribution in [0, 0.1) is 0 Å². The minimum absolute atomic E-state index is 0.0660. The highest BCUT2D eigenvalue weighted by Crippen LogP contribution is 2.16. The van der Waals surface area contributed by atoms with Gasteiger partial charge in [-0.2, -0.15) is 0 Å². The zero-order valence-corrected chi connectivity index (χ0v) is 17.3. The summed E-state index contributed by atoms with van der Waals surface area (Å²) in [7, 11) is 1.62. The first-order chi connectivity index (χ1) is 14.5. The van der Waals surface area contributed by atoms with E-state index in [0.29, 0.717) is 25.2 Å². The van der Waals surface area contributed by atoms with Crippen LogP contribution in [0.5, 0.6) is 5.75 Å². The van der Waals surface area contributed by atoms with Crippen molar-refractivity contribution in [3.63, 3.8) is 0 Å². The van der Waals surface area contributed by atoms with Gasteiger partial charge in [-0.25, -0.2) is 10.3 Å². The molecule has 0 spiro atoms. The monoisotopic (exact) mass is 412 g/mol. The molecular weight excluding hydrogens is 384 g/mol. The summed E-state index contributed by atoms with van der Waals surface area (Å²) >= 11 is 0. The van der Waals surface area contributed by atoms with Crippen molar-refractivity contribution in [3.05, 3.63) is 65.2 Å². The van der Waals surface area contributed by atoms with Crippen LogP contribution in [0.25, 0.3) is 0 Å². The molecule has 1 saturated heterocycles. The van der Waals surface area contributed by atoms with Gasteiger partial charge in [-0.1, -0.05) is 24.3 Å². The highest BCUT2D eigenvalue weighted by Gasteiger charge is 2.26. The Morgan fingerprint density at radius 2 is 1.90 bits per heavy atom. The molecule has 1 heterocycles. The van der Waals surface area contributed by atoms with Gasteiger partial charge in [-0.3, -0.25) is 14.9 Å². The molecule has 1 aliphatic rings. The van der Waals surface area contributed by atoms with E-state index in [-0.39, 0.29) is 12.1 Å². The summed E-state index contributed by atoms with van der Waals surface area (Å²) in [6.45, 7) is 5.37. The van der Waals surface area contributed by atoms with Crippen LogP contribution in [0.3, 0.4) is 0 Å². The maximum absolute atomic E-state index is 12.6. The van der Waals surface area contributed by atoms with E-state index >= 15 is 0 Å². The summed E-state index contributed by atoms with van der Waals surface area (Å²) in [5.41, 5.74) is 4.11. The van der Waals surface area contributed by atoms with E-state index in [9.17, 15) is 9.59 Å². The third-order valence-corrected chi connectivity index (χ3v) is 5.33. The summed E-state index contributed by atoms with van der Waals surface area (Å²) in [5, 5.41) is 11.7. The zero-order valence-electron chi connectivity index (χ0n) is 17.3. The molecule has 0 aromatic heterocycles.